The first-order valence-electron chi connectivity index (χ1n) is 8.61. The van der Waals surface area contributed by atoms with Crippen LogP contribution >= 0.6 is 11.8 Å². The van der Waals surface area contributed by atoms with Crippen LogP contribution in [0, 0.1) is 0 Å². The van der Waals surface area contributed by atoms with Crippen molar-refractivity contribution in [3.05, 3.63) is 23.9 Å². The number of hydrogen-bond acceptors (Lipinski definition) is 5. The fourth-order valence-corrected chi connectivity index (χ4v) is 4.43. The number of nitrogens with zero attached hydrogens (tertiary/aromatic N) is 4. The fourth-order valence-electron chi connectivity index (χ4n) is 3.16. The van der Waals surface area contributed by atoms with Gasteiger partial charge < -0.3 is 20.0 Å². The van der Waals surface area contributed by atoms with Crippen molar-refractivity contribution in [1.82, 2.24) is 20.1 Å². The average molecular weight is 350 g/mol. The van der Waals surface area contributed by atoms with Gasteiger partial charge in [-0.05, 0) is 25.3 Å². The van der Waals surface area contributed by atoms with E-state index >= 15 is 0 Å². The molecule has 2 amide bonds. The zero-order valence-electron chi connectivity index (χ0n) is 14.6. The number of urea groups is 1. The van der Waals surface area contributed by atoms with Crippen LogP contribution in [0.1, 0.15) is 12.0 Å². The molecule has 2 aliphatic rings. The Bertz CT molecular complexity index is 556. The second-order valence-electron chi connectivity index (χ2n) is 6.56. The monoisotopic (exact) mass is 349 g/mol. The van der Waals surface area contributed by atoms with Gasteiger partial charge in [0.2, 0.25) is 0 Å². The van der Waals surface area contributed by atoms with Crippen LogP contribution in [0.3, 0.4) is 0 Å². The van der Waals surface area contributed by atoms with Gasteiger partial charge in [0.25, 0.3) is 0 Å². The van der Waals surface area contributed by atoms with Gasteiger partial charge in [0.05, 0.1) is 0 Å². The summed E-state index contributed by atoms with van der Waals surface area (Å²) >= 11 is 1.92. The minimum Gasteiger partial charge on any atom is -0.354 e. The van der Waals surface area contributed by atoms with E-state index in [-0.39, 0.29) is 6.03 Å². The van der Waals surface area contributed by atoms with Crippen molar-refractivity contribution in [1.29, 1.82) is 0 Å². The first-order valence-corrected chi connectivity index (χ1v) is 9.76. The molecule has 132 valence electrons. The summed E-state index contributed by atoms with van der Waals surface area (Å²) in [7, 11) is 4.05. The number of thioether (sulfide) groups is 1. The SMILES string of the molecule is CN1CCN(c2ncccc2CNC(=O)N(C)[C@@H]2CCSC2)CC1. The van der Waals surface area contributed by atoms with Crippen LogP contribution in [0.25, 0.3) is 0 Å². The maximum Gasteiger partial charge on any atom is 0.317 e. The number of rotatable bonds is 4. The second-order valence-corrected chi connectivity index (χ2v) is 7.71. The third kappa shape index (κ3) is 4.13. The Balaban J connectivity index is 1.59. The normalized spacial score (nSPS) is 21.8. The molecule has 24 heavy (non-hydrogen) atoms. The summed E-state index contributed by atoms with van der Waals surface area (Å²) in [5.41, 5.74) is 1.09. The molecule has 0 aliphatic carbocycles. The molecular formula is C17H27N5OS. The Morgan fingerprint density at radius 1 is 1.42 bits per heavy atom. The zero-order valence-corrected chi connectivity index (χ0v) is 15.4. The Hall–Kier alpha value is -1.47. The molecule has 1 aromatic heterocycles. The summed E-state index contributed by atoms with van der Waals surface area (Å²) in [6.07, 6.45) is 2.93. The summed E-state index contributed by atoms with van der Waals surface area (Å²) in [5.74, 6) is 3.20. The fraction of sp³-hybridized carbons (Fsp3) is 0.647. The Labute approximate surface area is 148 Å². The zero-order chi connectivity index (χ0) is 16.9. The van der Waals surface area contributed by atoms with E-state index in [0.717, 1.165) is 55.5 Å². The molecule has 0 saturated carbocycles. The first kappa shape index (κ1) is 17.4. The number of hydrogen-bond donors (Lipinski definition) is 1. The maximum absolute atomic E-state index is 12.4. The first-order chi connectivity index (χ1) is 11.6. The van der Waals surface area contributed by atoms with E-state index in [2.05, 4.69) is 33.2 Å². The minimum absolute atomic E-state index is 0.00989. The summed E-state index contributed by atoms with van der Waals surface area (Å²) in [5, 5.41) is 3.06. The Morgan fingerprint density at radius 3 is 2.92 bits per heavy atom. The summed E-state index contributed by atoms with van der Waals surface area (Å²) < 4.78 is 0. The lowest BCUT2D eigenvalue weighted by atomic mass is 10.2. The summed E-state index contributed by atoms with van der Waals surface area (Å²) in [4.78, 5) is 23.5. The van der Waals surface area contributed by atoms with Crippen LogP contribution in [0.4, 0.5) is 10.6 Å². The van der Waals surface area contributed by atoms with E-state index in [1.54, 1.807) is 0 Å². The Morgan fingerprint density at radius 2 is 2.21 bits per heavy atom. The van der Waals surface area contributed by atoms with Crippen molar-refractivity contribution in [2.45, 2.75) is 19.0 Å². The number of likely N-dealkylation sites (N-methyl/N-ethyl adjacent to an activating group) is 1. The van der Waals surface area contributed by atoms with Crippen LogP contribution in [-0.4, -0.2) is 78.6 Å². The maximum atomic E-state index is 12.4. The van der Waals surface area contributed by atoms with Gasteiger partial charge in [-0.1, -0.05) is 6.07 Å². The van der Waals surface area contributed by atoms with Gasteiger partial charge in [0.15, 0.2) is 0 Å². The van der Waals surface area contributed by atoms with Gasteiger partial charge in [0.1, 0.15) is 5.82 Å². The minimum atomic E-state index is 0.00989. The highest BCUT2D eigenvalue weighted by Crippen LogP contribution is 2.22. The molecule has 1 N–H and O–H groups in total. The van der Waals surface area contributed by atoms with Gasteiger partial charge in [-0.3, -0.25) is 0 Å². The van der Waals surface area contributed by atoms with Gasteiger partial charge in [-0.2, -0.15) is 11.8 Å². The molecule has 1 atom stereocenters. The number of amides is 2. The largest absolute Gasteiger partial charge is 0.354 e. The summed E-state index contributed by atoms with van der Waals surface area (Å²) in [6.45, 7) is 4.58. The van der Waals surface area contributed by atoms with E-state index in [4.69, 9.17) is 0 Å². The molecule has 2 fully saturated rings. The van der Waals surface area contributed by atoms with E-state index in [1.807, 2.05) is 36.0 Å². The lowest BCUT2D eigenvalue weighted by Crippen LogP contribution is -2.46. The highest BCUT2D eigenvalue weighted by Gasteiger charge is 2.24. The number of carbonyl (C=O) groups is 1. The number of carbonyl (C=O) groups excluding carboxylic acids is 1. The smallest absolute Gasteiger partial charge is 0.317 e. The third-order valence-corrected chi connectivity index (χ3v) is 6.02. The van der Waals surface area contributed by atoms with Gasteiger partial charge in [-0.25, -0.2) is 9.78 Å². The van der Waals surface area contributed by atoms with Crippen molar-refractivity contribution >= 4 is 23.6 Å². The van der Waals surface area contributed by atoms with Crippen LogP contribution in [-0.2, 0) is 6.54 Å². The van der Waals surface area contributed by atoms with Crippen LogP contribution in [0.2, 0.25) is 0 Å². The lowest BCUT2D eigenvalue weighted by Gasteiger charge is -2.34. The van der Waals surface area contributed by atoms with E-state index in [1.165, 1.54) is 0 Å². The molecule has 0 aromatic carbocycles. The molecule has 0 spiro atoms. The van der Waals surface area contributed by atoms with Crippen LogP contribution < -0.4 is 10.2 Å². The van der Waals surface area contributed by atoms with E-state index in [0.29, 0.717) is 12.6 Å². The highest BCUT2D eigenvalue weighted by molar-refractivity contribution is 7.99. The lowest BCUT2D eigenvalue weighted by molar-refractivity contribution is 0.194. The van der Waals surface area contributed by atoms with Crippen molar-refractivity contribution in [2.75, 3.05) is 56.7 Å². The van der Waals surface area contributed by atoms with Crippen molar-refractivity contribution in [3.8, 4) is 0 Å². The molecule has 0 bridgehead atoms. The molecule has 3 rings (SSSR count). The number of nitrogens with one attached hydrogen (secondary N) is 1. The topological polar surface area (TPSA) is 51.7 Å². The number of aromatic nitrogens is 1. The van der Waals surface area contributed by atoms with Crippen LogP contribution in [0.15, 0.2) is 18.3 Å². The molecule has 6 nitrogen and oxygen atoms in total. The number of anilines is 1. The quantitative estimate of drug-likeness (QED) is 0.892. The van der Waals surface area contributed by atoms with Gasteiger partial charge in [0, 0.05) is 63.3 Å². The average Bonchev–Trinajstić information content (AvgIpc) is 3.14. The van der Waals surface area contributed by atoms with Crippen LogP contribution in [0.5, 0.6) is 0 Å². The number of piperazine rings is 1. The highest BCUT2D eigenvalue weighted by atomic mass is 32.2. The molecule has 0 unspecified atom stereocenters. The Kier molecular flexibility index (Phi) is 5.84. The van der Waals surface area contributed by atoms with Crippen molar-refractivity contribution in [2.24, 2.45) is 0 Å². The van der Waals surface area contributed by atoms with E-state index < -0.39 is 0 Å². The van der Waals surface area contributed by atoms with Gasteiger partial charge >= 0.3 is 6.03 Å². The van der Waals surface area contributed by atoms with Gasteiger partial charge in [-0.15, -0.1) is 0 Å². The van der Waals surface area contributed by atoms with Crippen molar-refractivity contribution in [3.63, 3.8) is 0 Å². The molecular weight excluding hydrogens is 322 g/mol. The molecule has 2 saturated heterocycles. The molecule has 0 radical (unpaired) electrons. The predicted octanol–water partition coefficient (Wildman–Crippen LogP) is 1.48. The number of pyridine rings is 1. The molecule has 3 heterocycles. The standard InChI is InChI=1S/C17H27N5OS/c1-20-7-9-22(10-8-20)16-14(4-3-6-18-16)12-19-17(23)21(2)15-5-11-24-13-15/h3-4,6,15H,5,7-13H2,1-2H3,(H,19,23)/t15-/m1/s1. The molecule has 2 aliphatic heterocycles. The molecule has 1 aromatic rings. The van der Waals surface area contributed by atoms with E-state index in [9.17, 15) is 4.79 Å². The summed E-state index contributed by atoms with van der Waals surface area (Å²) in [6, 6.07) is 4.38. The molecule has 7 heteroatoms. The third-order valence-electron chi connectivity index (χ3n) is 4.87. The van der Waals surface area contributed by atoms with Crippen molar-refractivity contribution < 1.29 is 4.79 Å². The predicted molar refractivity (Wildman–Crippen MR) is 99.7 cm³/mol. The second kappa shape index (κ2) is 8.07.